The van der Waals surface area contributed by atoms with Crippen molar-refractivity contribution in [2.24, 2.45) is 5.73 Å². The molecule has 0 aromatic heterocycles. The van der Waals surface area contributed by atoms with Crippen LogP contribution < -0.4 is 21.7 Å². The molecule has 0 saturated carbocycles. The SMILES string of the molecule is NCCNC(=O)c1ccc2c(c1)NC(=O)CC(c1ccc(Cl)cc1Cl)N2. The predicted octanol–water partition coefficient (Wildman–Crippen LogP) is 3.18. The Balaban J connectivity index is 1.89. The first-order chi connectivity index (χ1) is 12.5. The molecule has 0 radical (unpaired) electrons. The molecule has 1 unspecified atom stereocenters. The van der Waals surface area contributed by atoms with Crippen LogP contribution in [0.4, 0.5) is 11.4 Å². The lowest BCUT2D eigenvalue weighted by molar-refractivity contribution is -0.116. The summed E-state index contributed by atoms with van der Waals surface area (Å²) in [5, 5.41) is 9.87. The van der Waals surface area contributed by atoms with Crippen LogP contribution in [0.5, 0.6) is 0 Å². The molecule has 5 N–H and O–H groups in total. The number of rotatable bonds is 4. The van der Waals surface area contributed by atoms with Crippen LogP contribution in [0, 0.1) is 0 Å². The fourth-order valence-electron chi connectivity index (χ4n) is 2.80. The molecule has 1 atom stereocenters. The van der Waals surface area contributed by atoms with Crippen molar-refractivity contribution in [3.05, 3.63) is 57.6 Å². The van der Waals surface area contributed by atoms with E-state index in [0.29, 0.717) is 40.1 Å². The zero-order chi connectivity index (χ0) is 18.7. The van der Waals surface area contributed by atoms with Crippen molar-refractivity contribution >= 4 is 46.4 Å². The van der Waals surface area contributed by atoms with Gasteiger partial charge < -0.3 is 21.7 Å². The number of anilines is 2. The summed E-state index contributed by atoms with van der Waals surface area (Å²) >= 11 is 12.2. The van der Waals surface area contributed by atoms with Gasteiger partial charge in [0.2, 0.25) is 5.91 Å². The van der Waals surface area contributed by atoms with Gasteiger partial charge in [-0.1, -0.05) is 29.3 Å². The molecule has 1 aliphatic rings. The van der Waals surface area contributed by atoms with Crippen molar-refractivity contribution in [2.75, 3.05) is 23.7 Å². The van der Waals surface area contributed by atoms with E-state index in [9.17, 15) is 9.59 Å². The maximum absolute atomic E-state index is 12.3. The zero-order valence-corrected chi connectivity index (χ0v) is 15.3. The van der Waals surface area contributed by atoms with E-state index in [0.717, 1.165) is 5.56 Å². The van der Waals surface area contributed by atoms with E-state index < -0.39 is 0 Å². The molecule has 8 heteroatoms. The van der Waals surface area contributed by atoms with Crippen molar-refractivity contribution in [1.82, 2.24) is 5.32 Å². The van der Waals surface area contributed by atoms with Gasteiger partial charge in [-0.2, -0.15) is 0 Å². The van der Waals surface area contributed by atoms with Crippen molar-refractivity contribution in [3.8, 4) is 0 Å². The Morgan fingerprint density at radius 3 is 2.73 bits per heavy atom. The summed E-state index contributed by atoms with van der Waals surface area (Å²) in [7, 11) is 0. The third kappa shape index (κ3) is 4.09. The summed E-state index contributed by atoms with van der Waals surface area (Å²) in [5.41, 5.74) is 7.88. The smallest absolute Gasteiger partial charge is 0.251 e. The molecule has 2 amide bonds. The van der Waals surface area contributed by atoms with Crippen molar-refractivity contribution in [2.45, 2.75) is 12.5 Å². The molecular weight excluding hydrogens is 375 g/mol. The van der Waals surface area contributed by atoms with Crippen LogP contribution >= 0.6 is 23.2 Å². The Morgan fingerprint density at radius 2 is 2.00 bits per heavy atom. The maximum atomic E-state index is 12.3. The molecule has 6 nitrogen and oxygen atoms in total. The van der Waals surface area contributed by atoms with Crippen LogP contribution in [-0.2, 0) is 4.79 Å². The number of carbonyl (C=O) groups excluding carboxylic acids is 2. The molecule has 2 aromatic carbocycles. The predicted molar refractivity (Wildman–Crippen MR) is 104 cm³/mol. The number of nitrogens with two attached hydrogens (primary N) is 1. The maximum Gasteiger partial charge on any atom is 0.251 e. The van der Waals surface area contributed by atoms with E-state index in [-0.39, 0.29) is 24.3 Å². The van der Waals surface area contributed by atoms with Gasteiger partial charge in [-0.3, -0.25) is 9.59 Å². The lowest BCUT2D eigenvalue weighted by atomic mass is 10.0. The van der Waals surface area contributed by atoms with Gasteiger partial charge in [0, 0.05) is 28.7 Å². The van der Waals surface area contributed by atoms with Crippen LogP contribution in [-0.4, -0.2) is 24.9 Å². The van der Waals surface area contributed by atoms with Crippen LogP contribution in [0.1, 0.15) is 28.4 Å². The first-order valence-corrected chi connectivity index (χ1v) is 8.87. The molecule has 0 bridgehead atoms. The molecule has 136 valence electrons. The highest BCUT2D eigenvalue weighted by molar-refractivity contribution is 6.35. The second-order valence-corrected chi connectivity index (χ2v) is 6.76. The topological polar surface area (TPSA) is 96.2 Å². The number of nitrogens with one attached hydrogen (secondary N) is 3. The third-order valence-corrected chi connectivity index (χ3v) is 4.61. The first-order valence-electron chi connectivity index (χ1n) is 8.11. The molecule has 0 aliphatic carbocycles. The van der Waals surface area contributed by atoms with Crippen LogP contribution in [0.25, 0.3) is 0 Å². The van der Waals surface area contributed by atoms with Gasteiger partial charge in [-0.15, -0.1) is 0 Å². The van der Waals surface area contributed by atoms with Crippen molar-refractivity contribution < 1.29 is 9.59 Å². The average molecular weight is 393 g/mol. The minimum absolute atomic E-state index is 0.174. The highest BCUT2D eigenvalue weighted by Crippen LogP contribution is 2.36. The Morgan fingerprint density at radius 1 is 1.19 bits per heavy atom. The van der Waals surface area contributed by atoms with Crippen LogP contribution in [0.3, 0.4) is 0 Å². The van der Waals surface area contributed by atoms with Crippen LogP contribution in [0.15, 0.2) is 36.4 Å². The Hall–Kier alpha value is -2.28. The first kappa shape index (κ1) is 18.5. The monoisotopic (exact) mass is 392 g/mol. The quantitative estimate of drug-likeness (QED) is 0.642. The molecule has 1 aliphatic heterocycles. The number of benzene rings is 2. The van der Waals surface area contributed by atoms with E-state index in [1.807, 2.05) is 0 Å². The zero-order valence-electron chi connectivity index (χ0n) is 13.8. The number of amides is 2. The molecule has 0 saturated heterocycles. The molecule has 0 fully saturated rings. The summed E-state index contributed by atoms with van der Waals surface area (Å²) in [6.45, 7) is 0.746. The Kier molecular flexibility index (Phi) is 5.66. The average Bonchev–Trinajstić information content (AvgIpc) is 2.76. The lowest BCUT2D eigenvalue weighted by Gasteiger charge is -2.19. The molecule has 0 spiro atoms. The van der Waals surface area contributed by atoms with E-state index in [4.69, 9.17) is 28.9 Å². The second kappa shape index (κ2) is 7.95. The lowest BCUT2D eigenvalue weighted by Crippen LogP contribution is -2.29. The third-order valence-electron chi connectivity index (χ3n) is 4.04. The largest absolute Gasteiger partial charge is 0.376 e. The number of halogens is 2. The van der Waals surface area contributed by atoms with Crippen LogP contribution in [0.2, 0.25) is 10.0 Å². The number of hydrogen-bond acceptors (Lipinski definition) is 4. The number of fused-ring (bicyclic) bond motifs is 1. The van der Waals surface area contributed by atoms with Crippen molar-refractivity contribution in [3.63, 3.8) is 0 Å². The number of carbonyl (C=O) groups is 2. The minimum atomic E-state index is -0.307. The summed E-state index contributed by atoms with van der Waals surface area (Å²) in [5.74, 6) is -0.416. The second-order valence-electron chi connectivity index (χ2n) is 5.92. The summed E-state index contributed by atoms with van der Waals surface area (Å²) in [6.07, 6.45) is 0.199. The van der Waals surface area contributed by atoms with Gasteiger partial charge in [0.15, 0.2) is 0 Å². The van der Waals surface area contributed by atoms with Gasteiger partial charge in [-0.05, 0) is 35.9 Å². The molecule has 3 rings (SSSR count). The number of hydrogen-bond donors (Lipinski definition) is 4. The van der Waals surface area contributed by atoms with Gasteiger partial charge in [0.1, 0.15) is 0 Å². The summed E-state index contributed by atoms with van der Waals surface area (Å²) in [6, 6.07) is 9.96. The minimum Gasteiger partial charge on any atom is -0.376 e. The summed E-state index contributed by atoms with van der Waals surface area (Å²) in [4.78, 5) is 24.4. The molecule has 26 heavy (non-hydrogen) atoms. The fraction of sp³-hybridized carbons (Fsp3) is 0.222. The Bertz CT molecular complexity index is 857. The van der Waals surface area contributed by atoms with Gasteiger partial charge >= 0.3 is 0 Å². The molecule has 2 aromatic rings. The fourth-order valence-corrected chi connectivity index (χ4v) is 3.34. The van der Waals surface area contributed by atoms with Crippen molar-refractivity contribution in [1.29, 1.82) is 0 Å². The normalized spacial score (nSPS) is 16.1. The van der Waals surface area contributed by atoms with E-state index >= 15 is 0 Å². The van der Waals surface area contributed by atoms with Gasteiger partial charge in [0.25, 0.3) is 5.91 Å². The standard InChI is InChI=1S/C18H18Cl2N4O2/c19-11-2-3-12(13(20)8-11)15-9-17(25)24-16-7-10(1-4-14(16)23-15)18(26)22-6-5-21/h1-4,7-8,15,23H,5-6,9,21H2,(H,22,26)(H,24,25). The van der Waals surface area contributed by atoms with E-state index in [1.54, 1.807) is 36.4 Å². The molecule has 1 heterocycles. The van der Waals surface area contributed by atoms with Gasteiger partial charge in [0.05, 0.1) is 23.8 Å². The highest BCUT2D eigenvalue weighted by Gasteiger charge is 2.24. The van der Waals surface area contributed by atoms with E-state index in [1.165, 1.54) is 0 Å². The molecular formula is C18H18Cl2N4O2. The van der Waals surface area contributed by atoms with E-state index in [2.05, 4.69) is 16.0 Å². The summed E-state index contributed by atoms with van der Waals surface area (Å²) < 4.78 is 0. The van der Waals surface area contributed by atoms with Gasteiger partial charge in [-0.25, -0.2) is 0 Å². The Labute approximate surface area is 161 Å². The highest BCUT2D eigenvalue weighted by atomic mass is 35.5.